The van der Waals surface area contributed by atoms with Gasteiger partial charge in [0.2, 0.25) is 0 Å². The molecule has 7 heteroatoms. The molecule has 0 heterocycles. The molecular formula is C14H18F3NO3. The van der Waals surface area contributed by atoms with Gasteiger partial charge in [-0.05, 0) is 36.6 Å². The molecule has 1 unspecified atom stereocenters. The van der Waals surface area contributed by atoms with Crippen LogP contribution in [-0.4, -0.2) is 29.9 Å². The number of hydrogen-bond acceptors (Lipinski definition) is 3. The Morgan fingerprint density at radius 3 is 2.43 bits per heavy atom. The van der Waals surface area contributed by atoms with Crippen LogP contribution in [0, 0.1) is 12.8 Å². The highest BCUT2D eigenvalue weighted by atomic mass is 19.4. The third-order valence-corrected chi connectivity index (χ3v) is 2.82. The molecule has 0 saturated carbocycles. The summed E-state index contributed by atoms with van der Waals surface area (Å²) in [5, 5.41) is 11.9. The summed E-state index contributed by atoms with van der Waals surface area (Å²) in [5.41, 5.74) is 1.02. The van der Waals surface area contributed by atoms with Crippen molar-refractivity contribution in [1.29, 1.82) is 0 Å². The molecule has 0 spiro atoms. The fourth-order valence-electron chi connectivity index (χ4n) is 1.75. The molecule has 1 rings (SSSR count). The Labute approximate surface area is 120 Å². The zero-order valence-corrected chi connectivity index (χ0v) is 12.0. The number of aryl methyl sites for hydroxylation is 1. The zero-order valence-electron chi connectivity index (χ0n) is 12.0. The minimum absolute atomic E-state index is 0.120. The van der Waals surface area contributed by atoms with E-state index in [1.807, 2.05) is 0 Å². The lowest BCUT2D eigenvalue weighted by atomic mass is 10.0. The van der Waals surface area contributed by atoms with Gasteiger partial charge in [0, 0.05) is 5.69 Å². The van der Waals surface area contributed by atoms with Crippen molar-refractivity contribution in [2.75, 3.05) is 11.9 Å². The number of halogens is 3. The number of aliphatic carboxylic acids is 1. The summed E-state index contributed by atoms with van der Waals surface area (Å²) in [5.74, 6) is -1.00. The minimum Gasteiger partial charge on any atom is -0.484 e. The van der Waals surface area contributed by atoms with E-state index in [0.29, 0.717) is 11.3 Å². The van der Waals surface area contributed by atoms with Gasteiger partial charge in [-0.3, -0.25) is 0 Å². The van der Waals surface area contributed by atoms with Crippen LogP contribution in [0.5, 0.6) is 5.75 Å². The fraction of sp³-hybridized carbons (Fsp3) is 0.500. The van der Waals surface area contributed by atoms with Crippen LogP contribution in [0.4, 0.5) is 18.9 Å². The third kappa shape index (κ3) is 5.53. The topological polar surface area (TPSA) is 58.6 Å². The van der Waals surface area contributed by atoms with Crippen molar-refractivity contribution in [2.24, 2.45) is 5.92 Å². The number of nitrogens with one attached hydrogen (secondary N) is 1. The van der Waals surface area contributed by atoms with Gasteiger partial charge >= 0.3 is 12.1 Å². The van der Waals surface area contributed by atoms with E-state index in [9.17, 15) is 18.0 Å². The molecule has 0 radical (unpaired) electrons. The molecule has 0 aliphatic carbocycles. The first-order chi connectivity index (χ1) is 9.60. The van der Waals surface area contributed by atoms with Crippen LogP contribution < -0.4 is 10.1 Å². The van der Waals surface area contributed by atoms with Gasteiger partial charge in [0.1, 0.15) is 11.8 Å². The van der Waals surface area contributed by atoms with Crippen molar-refractivity contribution in [3.05, 3.63) is 23.8 Å². The Bertz CT molecular complexity index is 501. The quantitative estimate of drug-likeness (QED) is 0.845. The van der Waals surface area contributed by atoms with Gasteiger partial charge in [0.15, 0.2) is 6.61 Å². The standard InChI is InChI=1S/C14H18F3NO3/c1-8(2)12(13(19)20)18-10-4-5-11(9(3)6-10)21-7-14(15,16)17/h4-6,8,12,18H,7H2,1-3H3,(H,19,20). The molecule has 0 aliphatic heterocycles. The number of benzene rings is 1. The van der Waals surface area contributed by atoms with E-state index < -0.39 is 24.8 Å². The average Bonchev–Trinajstić information content (AvgIpc) is 2.32. The number of anilines is 1. The van der Waals surface area contributed by atoms with Gasteiger partial charge in [-0.25, -0.2) is 4.79 Å². The average molecular weight is 305 g/mol. The van der Waals surface area contributed by atoms with Crippen LogP contribution in [0.1, 0.15) is 19.4 Å². The maximum absolute atomic E-state index is 12.1. The van der Waals surface area contributed by atoms with Gasteiger partial charge in [-0.15, -0.1) is 0 Å². The maximum atomic E-state index is 12.1. The molecular weight excluding hydrogens is 287 g/mol. The summed E-state index contributed by atoms with van der Waals surface area (Å²) < 4.78 is 41.0. The van der Waals surface area contributed by atoms with Crippen LogP contribution in [0.25, 0.3) is 0 Å². The highest BCUT2D eigenvalue weighted by Crippen LogP contribution is 2.25. The van der Waals surface area contributed by atoms with Crippen molar-refractivity contribution in [3.8, 4) is 5.75 Å². The fourth-order valence-corrected chi connectivity index (χ4v) is 1.75. The van der Waals surface area contributed by atoms with E-state index in [0.717, 1.165) is 0 Å². The van der Waals surface area contributed by atoms with Crippen molar-refractivity contribution in [1.82, 2.24) is 0 Å². The van der Waals surface area contributed by atoms with Crippen molar-refractivity contribution in [3.63, 3.8) is 0 Å². The number of hydrogen-bond donors (Lipinski definition) is 2. The smallest absolute Gasteiger partial charge is 0.422 e. The summed E-state index contributed by atoms with van der Waals surface area (Å²) in [4.78, 5) is 11.1. The van der Waals surface area contributed by atoms with Gasteiger partial charge in [0.25, 0.3) is 0 Å². The van der Waals surface area contributed by atoms with E-state index in [1.54, 1.807) is 26.8 Å². The third-order valence-electron chi connectivity index (χ3n) is 2.82. The predicted octanol–water partition coefficient (Wildman–Crippen LogP) is 3.46. The van der Waals surface area contributed by atoms with E-state index >= 15 is 0 Å². The first-order valence-corrected chi connectivity index (χ1v) is 6.39. The summed E-state index contributed by atoms with van der Waals surface area (Å²) in [6.45, 7) is 3.77. The molecule has 1 aromatic carbocycles. The van der Waals surface area contributed by atoms with Gasteiger partial charge in [-0.1, -0.05) is 13.8 Å². The molecule has 21 heavy (non-hydrogen) atoms. The van der Waals surface area contributed by atoms with Crippen LogP contribution in [-0.2, 0) is 4.79 Å². The Morgan fingerprint density at radius 1 is 1.38 bits per heavy atom. The van der Waals surface area contributed by atoms with Crippen LogP contribution in [0.15, 0.2) is 18.2 Å². The number of carbonyl (C=O) groups is 1. The molecule has 0 bridgehead atoms. The first kappa shape index (κ1) is 17.1. The molecule has 0 fully saturated rings. The lowest BCUT2D eigenvalue weighted by Crippen LogP contribution is -2.34. The molecule has 0 amide bonds. The second-order valence-corrected chi connectivity index (χ2v) is 5.09. The Balaban J connectivity index is 2.80. The summed E-state index contributed by atoms with van der Waals surface area (Å²) in [6, 6.07) is 3.68. The minimum atomic E-state index is -4.39. The number of ether oxygens (including phenoxy) is 1. The van der Waals surface area contributed by atoms with E-state index in [4.69, 9.17) is 5.11 Å². The maximum Gasteiger partial charge on any atom is 0.422 e. The Morgan fingerprint density at radius 2 is 2.00 bits per heavy atom. The molecule has 1 atom stereocenters. The Hall–Kier alpha value is -1.92. The Kier molecular flexibility index (Phi) is 5.46. The first-order valence-electron chi connectivity index (χ1n) is 6.39. The second-order valence-electron chi connectivity index (χ2n) is 5.09. The van der Waals surface area contributed by atoms with Gasteiger partial charge in [-0.2, -0.15) is 13.2 Å². The van der Waals surface area contributed by atoms with E-state index in [1.165, 1.54) is 12.1 Å². The molecule has 2 N–H and O–H groups in total. The number of rotatable bonds is 6. The molecule has 0 aliphatic rings. The lowest BCUT2D eigenvalue weighted by molar-refractivity contribution is -0.153. The highest BCUT2D eigenvalue weighted by Gasteiger charge is 2.28. The molecule has 0 saturated heterocycles. The van der Waals surface area contributed by atoms with E-state index in [-0.39, 0.29) is 11.7 Å². The van der Waals surface area contributed by atoms with Crippen molar-refractivity contribution < 1.29 is 27.8 Å². The number of carboxylic acids is 1. The highest BCUT2D eigenvalue weighted by molar-refractivity contribution is 5.77. The van der Waals surface area contributed by atoms with Crippen LogP contribution in [0.2, 0.25) is 0 Å². The predicted molar refractivity (Wildman–Crippen MR) is 72.6 cm³/mol. The number of alkyl halides is 3. The van der Waals surface area contributed by atoms with Crippen LogP contribution in [0.3, 0.4) is 0 Å². The van der Waals surface area contributed by atoms with Gasteiger partial charge < -0.3 is 15.2 Å². The van der Waals surface area contributed by atoms with Crippen molar-refractivity contribution in [2.45, 2.75) is 33.0 Å². The molecule has 0 aromatic heterocycles. The summed E-state index contributed by atoms with van der Waals surface area (Å²) in [6.07, 6.45) is -4.39. The largest absolute Gasteiger partial charge is 0.484 e. The van der Waals surface area contributed by atoms with E-state index in [2.05, 4.69) is 10.1 Å². The van der Waals surface area contributed by atoms with Crippen molar-refractivity contribution >= 4 is 11.7 Å². The molecule has 4 nitrogen and oxygen atoms in total. The van der Waals surface area contributed by atoms with Crippen LogP contribution >= 0.6 is 0 Å². The summed E-state index contributed by atoms with van der Waals surface area (Å²) >= 11 is 0. The molecule has 118 valence electrons. The number of carboxylic acid groups (broad SMARTS) is 1. The second kappa shape index (κ2) is 6.69. The summed E-state index contributed by atoms with van der Waals surface area (Å²) in [7, 11) is 0. The molecule has 1 aromatic rings. The normalized spacial score (nSPS) is 13.1. The zero-order chi connectivity index (χ0) is 16.2. The monoisotopic (exact) mass is 305 g/mol. The lowest BCUT2D eigenvalue weighted by Gasteiger charge is -2.20. The SMILES string of the molecule is Cc1cc(NC(C(=O)O)C(C)C)ccc1OCC(F)(F)F. The van der Waals surface area contributed by atoms with Gasteiger partial charge in [0.05, 0.1) is 0 Å².